The van der Waals surface area contributed by atoms with E-state index in [9.17, 15) is 4.79 Å². The van der Waals surface area contributed by atoms with Gasteiger partial charge in [-0.15, -0.1) is 0 Å². The normalized spacial score (nSPS) is 16.1. The van der Waals surface area contributed by atoms with Gasteiger partial charge < -0.3 is 14.7 Å². The lowest BCUT2D eigenvalue weighted by Crippen LogP contribution is -2.14. The zero-order valence-corrected chi connectivity index (χ0v) is 21.2. The van der Waals surface area contributed by atoms with Gasteiger partial charge in [0.25, 0.3) is 0 Å². The summed E-state index contributed by atoms with van der Waals surface area (Å²) in [6.07, 6.45) is 10.1. The fraction of sp³-hybridized carbons (Fsp3) is 0.500. The fourth-order valence-corrected chi connectivity index (χ4v) is 6.50. The minimum Gasteiger partial charge on any atom is -0.461 e. The maximum atomic E-state index is 13.0. The molecular formula is C30H38N2O2. The van der Waals surface area contributed by atoms with Gasteiger partial charge in [-0.1, -0.05) is 25.1 Å². The minimum atomic E-state index is -0.213. The van der Waals surface area contributed by atoms with E-state index in [4.69, 9.17) is 4.74 Å². The number of aryl methyl sites for hydroxylation is 3. The molecule has 180 valence electrons. The lowest BCUT2D eigenvalue weighted by molar-refractivity contribution is 0.0518. The number of rotatable bonds is 6. The molecule has 0 aliphatic heterocycles. The molecule has 1 aromatic carbocycles. The first-order chi connectivity index (χ1) is 16.5. The number of aromatic nitrogens is 2. The average Bonchev–Trinajstić information content (AvgIpc) is 3.41. The third kappa shape index (κ3) is 3.81. The van der Waals surface area contributed by atoms with Crippen molar-refractivity contribution in [3.63, 3.8) is 0 Å². The molecule has 2 aliphatic carbocycles. The second kappa shape index (κ2) is 9.48. The molecule has 0 radical (unpaired) electrons. The summed E-state index contributed by atoms with van der Waals surface area (Å²) in [5.74, 6) is -0.140. The van der Waals surface area contributed by atoms with Crippen molar-refractivity contribution in [2.24, 2.45) is 0 Å². The number of H-pyrrole nitrogens is 2. The highest BCUT2D eigenvalue weighted by atomic mass is 16.5. The molecule has 1 atom stereocenters. The van der Waals surface area contributed by atoms with Gasteiger partial charge in [-0.2, -0.15) is 0 Å². The van der Waals surface area contributed by atoms with E-state index in [-0.39, 0.29) is 11.9 Å². The monoisotopic (exact) mass is 458 g/mol. The van der Waals surface area contributed by atoms with Crippen LogP contribution in [0, 0.1) is 13.8 Å². The molecule has 4 heteroatoms. The van der Waals surface area contributed by atoms with Crippen molar-refractivity contribution < 1.29 is 9.53 Å². The van der Waals surface area contributed by atoms with E-state index in [1.807, 2.05) is 6.92 Å². The van der Waals surface area contributed by atoms with Crippen LogP contribution in [0.3, 0.4) is 0 Å². The quantitative estimate of drug-likeness (QED) is 0.407. The Morgan fingerprint density at radius 3 is 2.03 bits per heavy atom. The zero-order valence-electron chi connectivity index (χ0n) is 21.2. The SMILES string of the molecule is CCOC(=O)c1[nH]c(C(c2[nH]c(CC)c3c2CCCC3)c2c(C)cccc2C)c2c1CCCC2. The van der Waals surface area contributed by atoms with Crippen molar-refractivity contribution in [1.29, 1.82) is 0 Å². The third-order valence-corrected chi connectivity index (χ3v) is 8.04. The number of esters is 1. The minimum absolute atomic E-state index is 0.0726. The molecule has 2 heterocycles. The molecule has 0 fully saturated rings. The van der Waals surface area contributed by atoms with Gasteiger partial charge in [-0.25, -0.2) is 4.79 Å². The van der Waals surface area contributed by atoms with E-state index >= 15 is 0 Å². The summed E-state index contributed by atoms with van der Waals surface area (Å²) in [4.78, 5) is 20.6. The molecule has 0 saturated heterocycles. The molecule has 4 nitrogen and oxygen atoms in total. The number of fused-ring (bicyclic) bond motifs is 2. The predicted octanol–water partition coefficient (Wildman–Crippen LogP) is 6.64. The van der Waals surface area contributed by atoms with Gasteiger partial charge in [-0.05, 0) is 118 Å². The Balaban J connectivity index is 1.78. The first-order valence-electron chi connectivity index (χ1n) is 13.2. The molecule has 0 spiro atoms. The van der Waals surface area contributed by atoms with Crippen LogP contribution in [0.4, 0.5) is 0 Å². The van der Waals surface area contributed by atoms with Gasteiger partial charge in [-0.3, -0.25) is 0 Å². The smallest absolute Gasteiger partial charge is 0.355 e. The van der Waals surface area contributed by atoms with Gasteiger partial charge in [0.15, 0.2) is 0 Å². The van der Waals surface area contributed by atoms with Crippen LogP contribution >= 0.6 is 0 Å². The molecule has 5 rings (SSSR count). The molecule has 0 amide bonds. The van der Waals surface area contributed by atoms with E-state index in [2.05, 4.69) is 48.9 Å². The summed E-state index contributed by atoms with van der Waals surface area (Å²) < 4.78 is 5.48. The van der Waals surface area contributed by atoms with E-state index in [0.29, 0.717) is 12.3 Å². The van der Waals surface area contributed by atoms with E-state index < -0.39 is 0 Å². The largest absolute Gasteiger partial charge is 0.461 e. The van der Waals surface area contributed by atoms with Crippen LogP contribution in [0.2, 0.25) is 0 Å². The summed E-state index contributed by atoms with van der Waals surface area (Å²) in [5.41, 5.74) is 14.2. The van der Waals surface area contributed by atoms with Crippen molar-refractivity contribution in [3.05, 3.63) is 79.9 Å². The highest BCUT2D eigenvalue weighted by molar-refractivity contribution is 5.90. The number of hydrogen-bond donors (Lipinski definition) is 2. The van der Waals surface area contributed by atoms with Crippen molar-refractivity contribution >= 4 is 5.97 Å². The van der Waals surface area contributed by atoms with Gasteiger partial charge in [0.05, 0.1) is 12.5 Å². The van der Waals surface area contributed by atoms with Crippen LogP contribution in [0.15, 0.2) is 18.2 Å². The molecular weight excluding hydrogens is 420 g/mol. The molecule has 2 N–H and O–H groups in total. The molecule has 0 saturated carbocycles. The maximum Gasteiger partial charge on any atom is 0.355 e. The number of carbonyl (C=O) groups excluding carboxylic acids is 1. The van der Waals surface area contributed by atoms with Crippen LogP contribution in [-0.4, -0.2) is 22.5 Å². The first-order valence-corrected chi connectivity index (χ1v) is 13.2. The highest BCUT2D eigenvalue weighted by Gasteiger charge is 2.34. The second-order valence-electron chi connectivity index (χ2n) is 10.1. The number of benzene rings is 1. The number of ether oxygens (including phenoxy) is 1. The van der Waals surface area contributed by atoms with Crippen molar-refractivity contribution in [3.8, 4) is 0 Å². The summed E-state index contributed by atoms with van der Waals surface area (Å²) in [6.45, 7) is 8.99. The number of nitrogens with one attached hydrogen (secondary N) is 2. The molecule has 2 aliphatic rings. The lowest BCUT2D eigenvalue weighted by Gasteiger charge is -2.25. The first kappa shape index (κ1) is 23.0. The van der Waals surface area contributed by atoms with Crippen molar-refractivity contribution in [2.45, 2.75) is 91.4 Å². The standard InChI is InChI=1S/C30H38N2O2/c1-5-24-20-14-7-8-15-21(20)27(31-24)26(25-18(3)12-11-13-19(25)4)28-22-16-9-10-17-23(22)29(32-28)30(33)34-6-2/h11-13,26,31-32H,5-10,14-17H2,1-4H3. The molecule has 34 heavy (non-hydrogen) atoms. The number of hydrogen-bond acceptors (Lipinski definition) is 2. The van der Waals surface area contributed by atoms with E-state index in [0.717, 1.165) is 32.1 Å². The Kier molecular flexibility index (Phi) is 6.42. The lowest BCUT2D eigenvalue weighted by atomic mass is 9.79. The Morgan fingerprint density at radius 1 is 0.853 bits per heavy atom. The maximum absolute atomic E-state index is 13.0. The Morgan fingerprint density at radius 2 is 1.41 bits per heavy atom. The van der Waals surface area contributed by atoms with Crippen LogP contribution in [0.1, 0.15) is 112 Å². The van der Waals surface area contributed by atoms with Crippen LogP contribution in [-0.2, 0) is 36.8 Å². The third-order valence-electron chi connectivity index (χ3n) is 8.04. The van der Waals surface area contributed by atoms with Gasteiger partial charge >= 0.3 is 5.97 Å². The molecule has 1 unspecified atom stereocenters. The van der Waals surface area contributed by atoms with Gasteiger partial charge in [0.1, 0.15) is 5.69 Å². The fourth-order valence-electron chi connectivity index (χ4n) is 6.50. The number of aromatic amines is 2. The predicted molar refractivity (Wildman–Crippen MR) is 137 cm³/mol. The van der Waals surface area contributed by atoms with Crippen molar-refractivity contribution in [2.75, 3.05) is 6.61 Å². The van der Waals surface area contributed by atoms with Crippen LogP contribution in [0.5, 0.6) is 0 Å². The summed E-state index contributed by atoms with van der Waals surface area (Å²) in [5, 5.41) is 0. The Labute approximate surface area is 203 Å². The zero-order chi connectivity index (χ0) is 23.8. The van der Waals surface area contributed by atoms with Crippen LogP contribution in [0.25, 0.3) is 0 Å². The Bertz CT molecular complexity index is 1190. The van der Waals surface area contributed by atoms with Gasteiger partial charge in [0.2, 0.25) is 0 Å². The highest BCUT2D eigenvalue weighted by Crippen LogP contribution is 2.44. The van der Waals surface area contributed by atoms with Crippen molar-refractivity contribution in [1.82, 2.24) is 9.97 Å². The number of carbonyl (C=O) groups is 1. The molecule has 2 aromatic heterocycles. The topological polar surface area (TPSA) is 57.9 Å². The van der Waals surface area contributed by atoms with E-state index in [1.54, 1.807) is 5.56 Å². The average molecular weight is 459 g/mol. The summed E-state index contributed by atoms with van der Waals surface area (Å²) >= 11 is 0. The molecule has 0 bridgehead atoms. The van der Waals surface area contributed by atoms with Crippen LogP contribution < -0.4 is 0 Å². The van der Waals surface area contributed by atoms with E-state index in [1.165, 1.54) is 76.1 Å². The van der Waals surface area contributed by atoms with Gasteiger partial charge in [0, 0.05) is 17.1 Å². The summed E-state index contributed by atoms with van der Waals surface area (Å²) in [7, 11) is 0. The molecule has 3 aromatic rings. The summed E-state index contributed by atoms with van der Waals surface area (Å²) in [6, 6.07) is 6.61. The Hall–Kier alpha value is -2.75. The second-order valence-corrected chi connectivity index (χ2v) is 10.1.